The van der Waals surface area contributed by atoms with Gasteiger partial charge in [0.2, 0.25) is 5.91 Å². The average molecular weight is 532 g/mol. The zero-order chi connectivity index (χ0) is 27.5. The van der Waals surface area contributed by atoms with E-state index in [0.29, 0.717) is 25.1 Å². The van der Waals surface area contributed by atoms with E-state index in [1.807, 2.05) is 90.0 Å². The highest BCUT2D eigenvalue weighted by Gasteiger charge is 2.35. The molecular formula is C34H33N3O3. The second kappa shape index (κ2) is 11.3. The molecule has 40 heavy (non-hydrogen) atoms. The molecule has 0 unspecified atom stereocenters. The molecule has 1 saturated carbocycles. The van der Waals surface area contributed by atoms with E-state index in [-0.39, 0.29) is 24.4 Å². The van der Waals surface area contributed by atoms with Gasteiger partial charge in [0.25, 0.3) is 5.91 Å². The number of aromatic amines is 1. The molecule has 5 aromatic rings. The van der Waals surface area contributed by atoms with E-state index >= 15 is 0 Å². The van der Waals surface area contributed by atoms with Crippen LogP contribution in [0.4, 0.5) is 0 Å². The number of fused-ring (bicyclic) bond motifs is 2. The normalized spacial score (nSPS) is 12.9. The highest BCUT2D eigenvalue weighted by molar-refractivity contribution is 6.08. The van der Waals surface area contributed by atoms with Gasteiger partial charge >= 0.3 is 0 Å². The van der Waals surface area contributed by atoms with Crippen molar-refractivity contribution in [3.8, 4) is 5.75 Å². The van der Waals surface area contributed by atoms with E-state index in [1.165, 1.54) is 10.9 Å². The molecule has 1 aromatic heterocycles. The number of nitrogens with zero attached hydrogens (tertiary/aromatic N) is 2. The van der Waals surface area contributed by atoms with E-state index in [9.17, 15) is 9.59 Å². The summed E-state index contributed by atoms with van der Waals surface area (Å²) in [6.07, 6.45) is 4.60. The maximum absolute atomic E-state index is 13.9. The maximum atomic E-state index is 13.9. The van der Waals surface area contributed by atoms with Crippen LogP contribution in [0, 0.1) is 0 Å². The largest absolute Gasteiger partial charge is 0.497 e. The summed E-state index contributed by atoms with van der Waals surface area (Å²) >= 11 is 0. The molecule has 0 atom stereocenters. The number of para-hydroxylation sites is 1. The van der Waals surface area contributed by atoms with Gasteiger partial charge in [-0.3, -0.25) is 9.59 Å². The quantitative estimate of drug-likeness (QED) is 0.233. The van der Waals surface area contributed by atoms with Crippen molar-refractivity contribution in [3.63, 3.8) is 0 Å². The van der Waals surface area contributed by atoms with E-state index < -0.39 is 0 Å². The Kier molecular flexibility index (Phi) is 7.23. The molecule has 0 radical (unpaired) electrons. The number of nitrogens with one attached hydrogen (secondary N) is 1. The SMILES string of the molecule is COc1ccc(CN(CCc2c[nH]c3ccccc23)C(=O)CN(C(=O)c2cccc3ccccc23)C2CC2)cc1. The summed E-state index contributed by atoms with van der Waals surface area (Å²) in [4.78, 5) is 34.8. The molecule has 1 aliphatic carbocycles. The Morgan fingerprint density at radius 1 is 0.875 bits per heavy atom. The molecule has 1 aliphatic rings. The van der Waals surface area contributed by atoms with Crippen molar-refractivity contribution in [3.05, 3.63) is 114 Å². The molecule has 6 rings (SSSR count). The molecule has 6 heteroatoms. The molecule has 1 N–H and O–H groups in total. The van der Waals surface area contributed by atoms with Crippen molar-refractivity contribution >= 4 is 33.5 Å². The van der Waals surface area contributed by atoms with Crippen LogP contribution in [0.1, 0.15) is 34.3 Å². The standard InChI is InChI=1S/C34H33N3O3/c1-40-28-17-13-24(14-18-28)22-36(20-19-26-21-35-32-12-5-4-10-30(26)32)33(38)23-37(27-15-16-27)34(39)31-11-6-8-25-7-2-3-9-29(25)31/h2-14,17-18,21,27,35H,15-16,19-20,22-23H2,1H3. The van der Waals surface area contributed by atoms with Crippen LogP contribution in [0.25, 0.3) is 21.7 Å². The highest BCUT2D eigenvalue weighted by atomic mass is 16.5. The third-order valence-corrected chi connectivity index (χ3v) is 7.79. The van der Waals surface area contributed by atoms with Gasteiger partial charge in [-0.15, -0.1) is 0 Å². The topological polar surface area (TPSA) is 65.6 Å². The molecule has 1 heterocycles. The monoisotopic (exact) mass is 531 g/mol. The summed E-state index contributed by atoms with van der Waals surface area (Å²) in [6.45, 7) is 1.08. The Hall–Kier alpha value is -4.58. The number of carbonyl (C=O) groups excluding carboxylic acids is 2. The molecule has 0 aliphatic heterocycles. The Bertz CT molecular complexity index is 1650. The lowest BCUT2D eigenvalue weighted by Crippen LogP contribution is -2.44. The van der Waals surface area contributed by atoms with Gasteiger partial charge in [0.1, 0.15) is 12.3 Å². The second-order valence-electron chi connectivity index (χ2n) is 10.5. The lowest BCUT2D eigenvalue weighted by atomic mass is 10.0. The Balaban J connectivity index is 1.25. The van der Waals surface area contributed by atoms with Crippen molar-refractivity contribution in [1.29, 1.82) is 0 Å². The van der Waals surface area contributed by atoms with Gasteiger partial charge < -0.3 is 19.5 Å². The third kappa shape index (κ3) is 5.43. The number of benzene rings is 4. The van der Waals surface area contributed by atoms with Crippen LogP contribution in [0.15, 0.2) is 97.2 Å². The van der Waals surface area contributed by atoms with Gasteiger partial charge in [-0.1, -0.05) is 66.7 Å². The fraction of sp³-hybridized carbons (Fsp3) is 0.235. The third-order valence-electron chi connectivity index (χ3n) is 7.79. The van der Waals surface area contributed by atoms with Crippen LogP contribution in [-0.2, 0) is 17.8 Å². The van der Waals surface area contributed by atoms with Crippen molar-refractivity contribution in [1.82, 2.24) is 14.8 Å². The van der Waals surface area contributed by atoms with Gasteiger partial charge in [0, 0.05) is 41.8 Å². The number of carbonyl (C=O) groups is 2. The average Bonchev–Trinajstić information content (AvgIpc) is 3.76. The summed E-state index contributed by atoms with van der Waals surface area (Å²) in [7, 11) is 1.64. The van der Waals surface area contributed by atoms with Crippen molar-refractivity contribution in [2.75, 3.05) is 20.2 Å². The second-order valence-corrected chi connectivity index (χ2v) is 10.5. The summed E-state index contributed by atoms with van der Waals surface area (Å²) in [6, 6.07) is 29.9. The fourth-order valence-corrected chi connectivity index (χ4v) is 5.40. The van der Waals surface area contributed by atoms with Crippen LogP contribution in [0.2, 0.25) is 0 Å². The number of amides is 2. The summed E-state index contributed by atoms with van der Waals surface area (Å²) < 4.78 is 5.32. The molecule has 2 amide bonds. The number of aromatic nitrogens is 1. The van der Waals surface area contributed by atoms with Crippen LogP contribution in [0.3, 0.4) is 0 Å². The molecular weight excluding hydrogens is 498 g/mol. The lowest BCUT2D eigenvalue weighted by Gasteiger charge is -2.28. The van der Waals surface area contributed by atoms with Gasteiger partial charge in [0.15, 0.2) is 0 Å². The van der Waals surface area contributed by atoms with Crippen molar-refractivity contribution in [2.45, 2.75) is 31.8 Å². The number of methoxy groups -OCH3 is 1. The first-order valence-corrected chi connectivity index (χ1v) is 13.8. The van der Waals surface area contributed by atoms with Gasteiger partial charge in [0.05, 0.1) is 7.11 Å². The van der Waals surface area contributed by atoms with Crippen LogP contribution < -0.4 is 4.74 Å². The molecule has 0 spiro atoms. The smallest absolute Gasteiger partial charge is 0.255 e. The minimum absolute atomic E-state index is 0.0452. The number of ether oxygens (including phenoxy) is 1. The molecule has 6 nitrogen and oxygen atoms in total. The Morgan fingerprint density at radius 2 is 1.60 bits per heavy atom. The maximum Gasteiger partial charge on any atom is 0.255 e. The zero-order valence-corrected chi connectivity index (χ0v) is 22.7. The first kappa shape index (κ1) is 25.7. The number of hydrogen-bond acceptors (Lipinski definition) is 3. The first-order chi connectivity index (χ1) is 19.6. The lowest BCUT2D eigenvalue weighted by molar-refractivity contribution is -0.132. The van der Waals surface area contributed by atoms with E-state index in [1.54, 1.807) is 12.0 Å². The zero-order valence-electron chi connectivity index (χ0n) is 22.7. The van der Waals surface area contributed by atoms with Crippen LogP contribution in [-0.4, -0.2) is 52.8 Å². The van der Waals surface area contributed by atoms with Crippen LogP contribution >= 0.6 is 0 Å². The van der Waals surface area contributed by atoms with E-state index in [2.05, 4.69) is 17.1 Å². The van der Waals surface area contributed by atoms with Crippen molar-refractivity contribution < 1.29 is 14.3 Å². The molecule has 0 bridgehead atoms. The predicted molar refractivity (Wildman–Crippen MR) is 158 cm³/mol. The van der Waals surface area contributed by atoms with Crippen LogP contribution in [0.5, 0.6) is 5.75 Å². The van der Waals surface area contributed by atoms with Gasteiger partial charge in [-0.25, -0.2) is 0 Å². The summed E-state index contributed by atoms with van der Waals surface area (Å²) in [5, 5.41) is 3.11. The number of hydrogen-bond donors (Lipinski definition) is 1. The van der Waals surface area contributed by atoms with Crippen molar-refractivity contribution in [2.24, 2.45) is 0 Å². The Morgan fingerprint density at radius 3 is 2.38 bits per heavy atom. The molecule has 1 fully saturated rings. The highest BCUT2D eigenvalue weighted by Crippen LogP contribution is 2.30. The van der Waals surface area contributed by atoms with E-state index in [4.69, 9.17) is 4.74 Å². The molecule has 4 aromatic carbocycles. The fourth-order valence-electron chi connectivity index (χ4n) is 5.40. The van der Waals surface area contributed by atoms with E-state index in [0.717, 1.165) is 40.4 Å². The molecule has 0 saturated heterocycles. The minimum Gasteiger partial charge on any atom is -0.497 e. The molecule has 202 valence electrons. The number of rotatable bonds is 10. The van der Waals surface area contributed by atoms with Gasteiger partial charge in [-0.2, -0.15) is 0 Å². The Labute approximate surface area is 234 Å². The van der Waals surface area contributed by atoms with Gasteiger partial charge in [-0.05, 0) is 65.4 Å². The summed E-state index contributed by atoms with van der Waals surface area (Å²) in [5.41, 5.74) is 3.94. The first-order valence-electron chi connectivity index (χ1n) is 13.8. The minimum atomic E-state index is -0.0753. The summed E-state index contributed by atoms with van der Waals surface area (Å²) in [5.74, 6) is 0.658. The predicted octanol–water partition coefficient (Wildman–Crippen LogP) is 6.21. The number of H-pyrrole nitrogens is 1.